The zero-order valence-electron chi connectivity index (χ0n) is 8.72. The molecule has 0 aromatic heterocycles. The summed E-state index contributed by atoms with van der Waals surface area (Å²) in [5.41, 5.74) is 0. The Hall–Kier alpha value is 0.0300. The average molecular weight is 233 g/mol. The molecule has 4 unspecified atom stereocenters. The molecule has 88 valence electrons. The van der Waals surface area contributed by atoms with E-state index in [4.69, 9.17) is 9.47 Å². The minimum Gasteiger partial charge on any atom is -0.772 e. The Bertz CT molecular complexity index is 229. The third-order valence-corrected chi connectivity index (χ3v) is 3.77. The summed E-state index contributed by atoms with van der Waals surface area (Å²) in [6.07, 6.45) is 4.61. The predicted molar refractivity (Wildman–Crippen MR) is 55.2 cm³/mol. The maximum atomic E-state index is 10.6. The van der Waals surface area contributed by atoms with Gasteiger partial charge in [-0.25, -0.2) is 0 Å². The van der Waals surface area contributed by atoms with Crippen molar-refractivity contribution < 1.29 is 18.2 Å². The molecular formula is C10H17O4S-. The van der Waals surface area contributed by atoms with Crippen LogP contribution in [-0.2, 0) is 20.6 Å². The summed E-state index contributed by atoms with van der Waals surface area (Å²) >= 11 is -1.91. The minimum atomic E-state index is -1.91. The molecule has 2 rings (SSSR count). The van der Waals surface area contributed by atoms with Crippen molar-refractivity contribution in [1.82, 2.24) is 0 Å². The van der Waals surface area contributed by atoms with Crippen LogP contribution < -0.4 is 0 Å². The Morgan fingerprint density at radius 2 is 2.27 bits per heavy atom. The summed E-state index contributed by atoms with van der Waals surface area (Å²) < 4.78 is 31.9. The summed E-state index contributed by atoms with van der Waals surface area (Å²) in [5.74, 6) is 0.585. The molecule has 0 spiro atoms. The lowest BCUT2D eigenvalue weighted by Crippen LogP contribution is -2.27. The van der Waals surface area contributed by atoms with E-state index in [9.17, 15) is 8.76 Å². The van der Waals surface area contributed by atoms with Gasteiger partial charge in [0.25, 0.3) is 0 Å². The van der Waals surface area contributed by atoms with E-state index in [2.05, 4.69) is 0 Å². The lowest BCUT2D eigenvalue weighted by atomic mass is 9.88. The molecule has 1 aliphatic carbocycles. The smallest absolute Gasteiger partial charge is 0.104 e. The van der Waals surface area contributed by atoms with Crippen molar-refractivity contribution in [3.63, 3.8) is 0 Å². The van der Waals surface area contributed by atoms with Gasteiger partial charge in [0.05, 0.1) is 19.3 Å². The second-order valence-electron chi connectivity index (χ2n) is 4.41. The Balaban J connectivity index is 1.68. The fourth-order valence-electron chi connectivity index (χ4n) is 2.14. The largest absolute Gasteiger partial charge is 0.772 e. The van der Waals surface area contributed by atoms with Crippen molar-refractivity contribution >= 4 is 11.1 Å². The summed E-state index contributed by atoms with van der Waals surface area (Å²) in [6.45, 7) is 1.50. The summed E-state index contributed by atoms with van der Waals surface area (Å²) in [5, 5.41) is 0. The Labute approximate surface area is 92.6 Å². The van der Waals surface area contributed by atoms with Gasteiger partial charge in [0, 0.05) is 5.75 Å². The Kier molecular flexibility index (Phi) is 4.13. The number of epoxide rings is 1. The third kappa shape index (κ3) is 4.18. The van der Waals surface area contributed by atoms with Crippen LogP contribution in [0.5, 0.6) is 0 Å². The molecule has 1 aliphatic heterocycles. The molecule has 5 heteroatoms. The fraction of sp³-hybridized carbons (Fsp3) is 1.00. The summed E-state index contributed by atoms with van der Waals surface area (Å²) in [4.78, 5) is 0. The van der Waals surface area contributed by atoms with Crippen LogP contribution in [0.4, 0.5) is 0 Å². The molecule has 1 saturated carbocycles. The van der Waals surface area contributed by atoms with Gasteiger partial charge in [0.1, 0.15) is 6.10 Å². The van der Waals surface area contributed by atoms with E-state index < -0.39 is 11.1 Å². The van der Waals surface area contributed by atoms with Gasteiger partial charge in [-0.3, -0.25) is 4.21 Å². The maximum Gasteiger partial charge on any atom is 0.104 e. The molecule has 0 aromatic rings. The molecule has 0 aromatic carbocycles. The normalized spacial score (nSPS) is 37.5. The van der Waals surface area contributed by atoms with Crippen LogP contribution in [0.3, 0.4) is 0 Å². The molecule has 0 amide bonds. The van der Waals surface area contributed by atoms with E-state index in [-0.39, 0.29) is 6.10 Å². The van der Waals surface area contributed by atoms with Crippen molar-refractivity contribution in [3.8, 4) is 0 Å². The summed E-state index contributed by atoms with van der Waals surface area (Å²) in [7, 11) is 0. The van der Waals surface area contributed by atoms with Gasteiger partial charge >= 0.3 is 0 Å². The van der Waals surface area contributed by atoms with E-state index >= 15 is 0 Å². The van der Waals surface area contributed by atoms with Gasteiger partial charge < -0.3 is 14.0 Å². The lowest BCUT2D eigenvalue weighted by molar-refractivity contribution is 0.00842. The molecular weight excluding hydrogens is 216 g/mol. The van der Waals surface area contributed by atoms with E-state index in [0.717, 1.165) is 32.3 Å². The van der Waals surface area contributed by atoms with E-state index in [0.29, 0.717) is 24.4 Å². The van der Waals surface area contributed by atoms with Crippen molar-refractivity contribution in [2.45, 2.75) is 37.9 Å². The first-order valence-corrected chi connectivity index (χ1v) is 6.77. The highest BCUT2D eigenvalue weighted by molar-refractivity contribution is 7.79. The van der Waals surface area contributed by atoms with Gasteiger partial charge in [-0.05, 0) is 25.2 Å². The fourth-order valence-corrected chi connectivity index (χ4v) is 2.83. The molecule has 0 bridgehead atoms. The summed E-state index contributed by atoms with van der Waals surface area (Å²) in [6, 6.07) is 0. The highest BCUT2D eigenvalue weighted by Gasteiger charge is 2.27. The zero-order chi connectivity index (χ0) is 10.7. The minimum absolute atomic E-state index is 0.247. The van der Waals surface area contributed by atoms with Crippen LogP contribution in [0.25, 0.3) is 0 Å². The second kappa shape index (κ2) is 5.39. The van der Waals surface area contributed by atoms with E-state index in [1.807, 2.05) is 0 Å². The first-order valence-electron chi connectivity index (χ1n) is 5.53. The maximum absolute atomic E-state index is 10.6. The van der Waals surface area contributed by atoms with Crippen molar-refractivity contribution in [2.75, 3.05) is 19.0 Å². The SMILES string of the molecule is O=S([O-])CC1CCCC(OCC2CO2)C1. The zero-order valence-corrected chi connectivity index (χ0v) is 9.54. The molecule has 0 radical (unpaired) electrons. The van der Waals surface area contributed by atoms with Crippen LogP contribution in [0.15, 0.2) is 0 Å². The van der Waals surface area contributed by atoms with Crippen molar-refractivity contribution in [3.05, 3.63) is 0 Å². The first-order chi connectivity index (χ1) is 7.24. The van der Waals surface area contributed by atoms with Crippen LogP contribution in [-0.4, -0.2) is 39.9 Å². The first kappa shape index (κ1) is 11.5. The monoisotopic (exact) mass is 233 g/mol. The Morgan fingerprint density at radius 1 is 1.47 bits per heavy atom. The number of ether oxygens (including phenoxy) is 2. The molecule has 15 heavy (non-hydrogen) atoms. The van der Waals surface area contributed by atoms with Crippen LogP contribution in [0.2, 0.25) is 0 Å². The van der Waals surface area contributed by atoms with E-state index in [1.165, 1.54) is 0 Å². The second-order valence-corrected chi connectivity index (χ2v) is 5.35. The van der Waals surface area contributed by atoms with Crippen molar-refractivity contribution in [2.24, 2.45) is 5.92 Å². The standard InChI is InChI=1S/C10H18O4S/c11-15(12)7-8-2-1-3-9(4-8)13-5-10-6-14-10/h8-10H,1-7H2,(H,11,12)/p-1. The highest BCUT2D eigenvalue weighted by atomic mass is 32.2. The number of hydrogen-bond donors (Lipinski definition) is 0. The highest BCUT2D eigenvalue weighted by Crippen LogP contribution is 2.27. The van der Waals surface area contributed by atoms with Gasteiger partial charge in [-0.1, -0.05) is 17.5 Å². The molecule has 2 aliphatic rings. The molecule has 0 N–H and O–H groups in total. The predicted octanol–water partition coefficient (Wildman–Crippen LogP) is 0.840. The third-order valence-electron chi connectivity index (χ3n) is 3.03. The lowest BCUT2D eigenvalue weighted by Gasteiger charge is -2.29. The van der Waals surface area contributed by atoms with Gasteiger partial charge in [-0.15, -0.1) is 0 Å². The molecule has 1 heterocycles. The van der Waals surface area contributed by atoms with E-state index in [1.54, 1.807) is 0 Å². The topological polar surface area (TPSA) is 61.9 Å². The quantitative estimate of drug-likeness (QED) is 0.521. The van der Waals surface area contributed by atoms with Gasteiger partial charge in [0.15, 0.2) is 0 Å². The average Bonchev–Trinajstić information content (AvgIpc) is 2.97. The number of rotatable bonds is 5. The molecule has 4 nitrogen and oxygen atoms in total. The van der Waals surface area contributed by atoms with Crippen LogP contribution >= 0.6 is 0 Å². The molecule has 2 fully saturated rings. The molecule has 1 saturated heterocycles. The van der Waals surface area contributed by atoms with Crippen molar-refractivity contribution in [1.29, 1.82) is 0 Å². The van der Waals surface area contributed by atoms with Gasteiger partial charge in [-0.2, -0.15) is 0 Å². The van der Waals surface area contributed by atoms with Crippen LogP contribution in [0.1, 0.15) is 25.7 Å². The Morgan fingerprint density at radius 3 is 2.93 bits per heavy atom. The van der Waals surface area contributed by atoms with Gasteiger partial charge in [0.2, 0.25) is 0 Å². The molecule has 4 atom stereocenters. The number of hydrogen-bond acceptors (Lipinski definition) is 4. The van der Waals surface area contributed by atoms with Crippen LogP contribution in [0, 0.1) is 5.92 Å².